The third-order valence-electron chi connectivity index (χ3n) is 8.54. The molecule has 4 heteroatoms. The van der Waals surface area contributed by atoms with Crippen LogP contribution in [0.1, 0.15) is 0 Å². The normalized spacial score (nSPS) is 12.3. The van der Waals surface area contributed by atoms with Gasteiger partial charge in [0.15, 0.2) is 0 Å². The number of benzene rings is 6. The molecule has 6 aromatic carbocycles. The van der Waals surface area contributed by atoms with Crippen molar-refractivity contribution >= 4 is 120 Å². The molecule has 0 aliphatic heterocycles. The molecule has 0 fully saturated rings. The van der Waals surface area contributed by atoms with Gasteiger partial charge in [-0.3, -0.25) is 0 Å². The van der Waals surface area contributed by atoms with E-state index in [2.05, 4.69) is 121 Å². The monoisotopic (exact) mass is 700 g/mol. The second-order valence-corrected chi connectivity index (χ2v) is 18.7. The van der Waals surface area contributed by atoms with Gasteiger partial charge in [-0.2, -0.15) is 0 Å². The molecule has 0 aliphatic rings. The topological polar surface area (TPSA) is 0 Å². The fourth-order valence-electron chi connectivity index (χ4n) is 6.60. The number of rotatable bonds is 2. The second-order valence-electron chi connectivity index (χ2n) is 10.8. The third kappa shape index (κ3) is 3.40. The van der Waals surface area contributed by atoms with Crippen LogP contribution in [0.4, 0.5) is 0 Å². The van der Waals surface area contributed by atoms with Crippen LogP contribution in [-0.4, -0.2) is 29.0 Å². The summed E-state index contributed by atoms with van der Waals surface area (Å²) < 4.78 is 10.3. The van der Waals surface area contributed by atoms with Gasteiger partial charge < -0.3 is 0 Å². The summed E-state index contributed by atoms with van der Waals surface area (Å²) in [7, 11) is 0. The fourth-order valence-corrected chi connectivity index (χ4v) is 15.5. The van der Waals surface area contributed by atoms with Gasteiger partial charge in [-0.1, -0.05) is 0 Å². The van der Waals surface area contributed by atoms with Gasteiger partial charge in [0.25, 0.3) is 0 Å². The molecule has 0 unspecified atom stereocenters. The second kappa shape index (κ2) is 9.02. The van der Waals surface area contributed by atoms with Crippen LogP contribution in [0.5, 0.6) is 0 Å². The first kappa shape index (κ1) is 24.0. The van der Waals surface area contributed by atoms with E-state index in [0.717, 1.165) is 0 Å². The third-order valence-corrected chi connectivity index (χ3v) is 16.8. The fraction of sp³-hybridized carbons (Fsp3) is 0. The summed E-state index contributed by atoms with van der Waals surface area (Å²) in [5, 5.41) is 9.94. The van der Waals surface area contributed by atoms with Gasteiger partial charge in [0.1, 0.15) is 0 Å². The van der Waals surface area contributed by atoms with Crippen LogP contribution in [0.15, 0.2) is 121 Å². The zero-order chi connectivity index (χ0) is 27.4. The molecule has 0 saturated heterocycles. The van der Waals surface area contributed by atoms with E-state index in [-0.39, 0.29) is 0 Å². The van der Waals surface area contributed by atoms with Crippen LogP contribution >= 0.6 is 22.7 Å². The molecule has 0 N–H and O–H groups in total. The number of fused-ring (bicyclic) bond motifs is 11. The van der Waals surface area contributed by atoms with Gasteiger partial charge in [0.2, 0.25) is 0 Å². The Morgan fingerprint density at radius 2 is 0.881 bits per heavy atom. The molecule has 0 amide bonds. The molecule has 0 saturated carbocycles. The summed E-state index contributed by atoms with van der Waals surface area (Å²) in [6.07, 6.45) is 0. The molecule has 196 valence electrons. The molecule has 10 aromatic rings. The molecule has 10 rings (SSSR count). The molecule has 0 spiro atoms. The zero-order valence-corrected chi connectivity index (χ0v) is 27.2. The van der Waals surface area contributed by atoms with Crippen LogP contribution in [-0.2, 0) is 0 Å². The Labute approximate surface area is 261 Å². The van der Waals surface area contributed by atoms with Crippen molar-refractivity contribution in [3.63, 3.8) is 0 Å². The molecule has 42 heavy (non-hydrogen) atoms. The van der Waals surface area contributed by atoms with E-state index < -0.39 is 0 Å². The average molecular weight is 699 g/mol. The van der Waals surface area contributed by atoms with Crippen LogP contribution in [0, 0.1) is 0 Å². The van der Waals surface area contributed by atoms with E-state index in [9.17, 15) is 0 Å². The summed E-state index contributed by atoms with van der Waals surface area (Å²) in [5.74, 6) is 0. The minimum atomic E-state index is 0.414. The molecule has 4 aromatic heterocycles. The molecular weight excluding hydrogens is 678 g/mol. The van der Waals surface area contributed by atoms with E-state index >= 15 is 0 Å². The van der Waals surface area contributed by atoms with E-state index in [1.54, 1.807) is 11.7 Å². The Balaban J connectivity index is 1.20. The van der Waals surface area contributed by atoms with Gasteiger partial charge >= 0.3 is 263 Å². The summed E-state index contributed by atoms with van der Waals surface area (Å²) >= 11 is 4.67. The molecule has 0 bridgehead atoms. The van der Waals surface area contributed by atoms with E-state index in [1.807, 2.05) is 22.7 Å². The first-order valence-electron chi connectivity index (χ1n) is 14.0. The van der Waals surface area contributed by atoms with Crippen molar-refractivity contribution in [2.75, 3.05) is 0 Å². The summed E-state index contributed by atoms with van der Waals surface area (Å²) in [6.45, 7) is 0. The average Bonchev–Trinajstić information content (AvgIpc) is 3.78. The van der Waals surface area contributed by atoms with Crippen molar-refractivity contribution in [3.05, 3.63) is 121 Å². The van der Waals surface area contributed by atoms with Gasteiger partial charge in [-0.05, 0) is 0 Å². The SMILES string of the molecule is c1ccc2c(c1)sc1c(-c3ccc4[se]c5[se]c6ccc(-c7cccc8c7sc7ccccc78)cc6c5c4c3)cccc12. The molecular formula is C38H20S2Se2. The molecule has 4 heterocycles. The number of hydrogen-bond acceptors (Lipinski definition) is 2. The van der Waals surface area contributed by atoms with Gasteiger partial charge in [-0.25, -0.2) is 0 Å². The molecule has 0 nitrogen and oxygen atoms in total. The standard InChI is InChI=1S/C38H20S2Se2/c1-3-13-31-25(7-1)27-11-5-9-23(36(27)39-31)21-15-17-33-29(19-21)35-30-20-22(16-18-34(30)42-38(35)41-33)24-10-6-12-28-26-8-2-4-14-32(26)40-37(24)28/h1-20H. The van der Waals surface area contributed by atoms with Crippen molar-refractivity contribution < 1.29 is 0 Å². The van der Waals surface area contributed by atoms with E-state index in [4.69, 9.17) is 0 Å². The Kier molecular flexibility index (Phi) is 5.16. The van der Waals surface area contributed by atoms with Gasteiger partial charge in [0.05, 0.1) is 0 Å². The Bertz CT molecular complexity index is 2510. The van der Waals surface area contributed by atoms with Crippen LogP contribution in [0.25, 0.3) is 90.4 Å². The van der Waals surface area contributed by atoms with Crippen molar-refractivity contribution in [3.8, 4) is 22.3 Å². The summed E-state index contributed by atoms with van der Waals surface area (Å²) in [6, 6.07) is 45.9. The van der Waals surface area contributed by atoms with E-state index in [1.165, 1.54) is 78.8 Å². The molecule has 0 atom stereocenters. The maximum atomic E-state index is 2.50. The minimum absolute atomic E-state index is 0.414. The van der Waals surface area contributed by atoms with Crippen LogP contribution < -0.4 is 0 Å². The molecule has 0 aliphatic carbocycles. The van der Waals surface area contributed by atoms with Crippen LogP contribution in [0.2, 0.25) is 0 Å². The van der Waals surface area contributed by atoms with Crippen molar-refractivity contribution in [1.29, 1.82) is 0 Å². The zero-order valence-electron chi connectivity index (χ0n) is 22.2. The predicted molar refractivity (Wildman–Crippen MR) is 189 cm³/mol. The van der Waals surface area contributed by atoms with Crippen molar-refractivity contribution in [2.45, 2.75) is 0 Å². The number of thiophene rings is 2. The Morgan fingerprint density at radius 1 is 0.405 bits per heavy atom. The first-order valence-corrected chi connectivity index (χ1v) is 19.1. The maximum absolute atomic E-state index is 2.50. The van der Waals surface area contributed by atoms with Gasteiger partial charge in [-0.15, -0.1) is 0 Å². The first-order chi connectivity index (χ1) is 20.8. The quantitative estimate of drug-likeness (QED) is 0.158. The summed E-state index contributed by atoms with van der Waals surface area (Å²) in [4.78, 5) is 0. The Hall–Kier alpha value is -3.46. The van der Waals surface area contributed by atoms with Gasteiger partial charge in [0, 0.05) is 0 Å². The number of hydrogen-bond donors (Lipinski definition) is 0. The Morgan fingerprint density at radius 3 is 1.40 bits per heavy atom. The van der Waals surface area contributed by atoms with Crippen LogP contribution in [0.3, 0.4) is 0 Å². The summed E-state index contributed by atoms with van der Waals surface area (Å²) in [5.41, 5.74) is 5.38. The van der Waals surface area contributed by atoms with Crippen molar-refractivity contribution in [2.24, 2.45) is 0 Å². The van der Waals surface area contributed by atoms with Crippen molar-refractivity contribution in [1.82, 2.24) is 0 Å². The molecule has 0 radical (unpaired) electrons. The van der Waals surface area contributed by atoms with E-state index in [0.29, 0.717) is 29.0 Å². The predicted octanol–water partition coefficient (Wildman–Crippen LogP) is 11.3.